The number of thiophene rings is 1. The average Bonchev–Trinajstić information content (AvgIpc) is 3.31. The molecule has 2 aliphatic rings. The molecule has 2 saturated heterocycles. The Morgan fingerprint density at radius 1 is 1.10 bits per heavy atom. The lowest BCUT2D eigenvalue weighted by Gasteiger charge is -2.31. The van der Waals surface area contributed by atoms with Crippen molar-refractivity contribution in [2.45, 2.75) is 26.2 Å². The molecule has 30 heavy (non-hydrogen) atoms. The molecular formula is C25H30ClN3S. The molecule has 0 aliphatic carbocycles. The minimum absolute atomic E-state index is 0.416. The summed E-state index contributed by atoms with van der Waals surface area (Å²) >= 11 is 7.61. The first kappa shape index (κ1) is 21.1. The fourth-order valence-electron chi connectivity index (χ4n) is 4.37. The van der Waals surface area contributed by atoms with Crippen molar-refractivity contribution in [3.8, 4) is 0 Å². The number of halogens is 1. The van der Waals surface area contributed by atoms with Crippen LogP contribution in [0, 0.1) is 11.8 Å². The van der Waals surface area contributed by atoms with Gasteiger partial charge in [0.2, 0.25) is 0 Å². The number of anilines is 2. The molecule has 0 bridgehead atoms. The van der Waals surface area contributed by atoms with Crippen LogP contribution in [0.25, 0.3) is 5.70 Å². The van der Waals surface area contributed by atoms with Gasteiger partial charge in [-0.1, -0.05) is 38.3 Å². The molecule has 2 aliphatic heterocycles. The van der Waals surface area contributed by atoms with Crippen molar-refractivity contribution in [2.24, 2.45) is 11.8 Å². The predicted molar refractivity (Wildman–Crippen MR) is 132 cm³/mol. The van der Waals surface area contributed by atoms with Crippen LogP contribution in [0.4, 0.5) is 11.4 Å². The Kier molecular flexibility index (Phi) is 6.26. The molecule has 0 radical (unpaired) electrons. The third kappa shape index (κ3) is 4.30. The highest BCUT2D eigenvalue weighted by Gasteiger charge is 2.33. The Balaban J connectivity index is 1.39. The molecule has 3 nitrogen and oxygen atoms in total. The van der Waals surface area contributed by atoms with E-state index in [1.807, 2.05) is 12.1 Å². The number of benzene rings is 1. The zero-order valence-electron chi connectivity index (χ0n) is 17.7. The minimum Gasteiger partial charge on any atom is -0.384 e. The van der Waals surface area contributed by atoms with Crippen molar-refractivity contribution in [1.82, 2.24) is 5.32 Å². The van der Waals surface area contributed by atoms with Gasteiger partial charge in [0.15, 0.2) is 0 Å². The number of piperidine rings is 1. The summed E-state index contributed by atoms with van der Waals surface area (Å²) in [4.78, 5) is 5.80. The van der Waals surface area contributed by atoms with Gasteiger partial charge in [-0.2, -0.15) is 0 Å². The molecule has 5 heteroatoms. The van der Waals surface area contributed by atoms with Gasteiger partial charge in [0.25, 0.3) is 0 Å². The molecule has 2 unspecified atom stereocenters. The van der Waals surface area contributed by atoms with Crippen molar-refractivity contribution in [2.75, 3.05) is 29.4 Å². The van der Waals surface area contributed by atoms with E-state index in [-0.39, 0.29) is 0 Å². The normalized spacial score (nSPS) is 21.9. The monoisotopic (exact) mass is 439 g/mol. The van der Waals surface area contributed by atoms with E-state index in [0.717, 1.165) is 41.0 Å². The predicted octanol–water partition coefficient (Wildman–Crippen LogP) is 6.75. The molecule has 1 N–H and O–H groups in total. The van der Waals surface area contributed by atoms with Crippen molar-refractivity contribution in [3.05, 3.63) is 76.7 Å². The zero-order chi connectivity index (χ0) is 21.3. The summed E-state index contributed by atoms with van der Waals surface area (Å²) in [6, 6.07) is 12.8. The van der Waals surface area contributed by atoms with Crippen molar-refractivity contribution in [3.63, 3.8) is 0 Å². The lowest BCUT2D eigenvalue weighted by Crippen LogP contribution is -2.27. The van der Waals surface area contributed by atoms with Gasteiger partial charge in [0.05, 0.1) is 9.21 Å². The molecule has 1 aromatic carbocycles. The van der Waals surface area contributed by atoms with Gasteiger partial charge >= 0.3 is 0 Å². The fraction of sp³-hybridized carbons (Fsp3) is 0.360. The molecule has 0 spiro atoms. The van der Waals surface area contributed by atoms with Crippen LogP contribution in [0.2, 0.25) is 4.34 Å². The fourth-order valence-corrected chi connectivity index (χ4v) is 5.36. The summed E-state index contributed by atoms with van der Waals surface area (Å²) in [7, 11) is 0. The summed E-state index contributed by atoms with van der Waals surface area (Å²) in [6.45, 7) is 18.0. The van der Waals surface area contributed by atoms with Gasteiger partial charge in [0, 0.05) is 59.9 Å². The largest absolute Gasteiger partial charge is 0.384 e. The third-order valence-corrected chi connectivity index (χ3v) is 7.69. The average molecular weight is 440 g/mol. The highest BCUT2D eigenvalue weighted by Crippen LogP contribution is 2.37. The molecule has 0 saturated carbocycles. The van der Waals surface area contributed by atoms with Gasteiger partial charge in [-0.15, -0.1) is 11.3 Å². The lowest BCUT2D eigenvalue weighted by molar-refractivity contribution is 0.465. The number of nitrogens with one attached hydrogen (secondary N) is 1. The summed E-state index contributed by atoms with van der Waals surface area (Å²) in [5, 5.41) is 3.51. The van der Waals surface area contributed by atoms with Crippen molar-refractivity contribution in [1.29, 1.82) is 0 Å². The Labute approximate surface area is 189 Å². The first-order valence-corrected chi connectivity index (χ1v) is 11.8. The van der Waals surface area contributed by atoms with Crippen molar-refractivity contribution < 1.29 is 0 Å². The third-order valence-electron chi connectivity index (χ3n) is 6.40. The topological polar surface area (TPSA) is 18.5 Å². The quantitative estimate of drug-likeness (QED) is 0.536. The number of hydrogen-bond acceptors (Lipinski definition) is 4. The maximum Gasteiger partial charge on any atom is 0.0935 e. The van der Waals surface area contributed by atoms with E-state index in [2.05, 4.69) is 66.0 Å². The van der Waals surface area contributed by atoms with Gasteiger partial charge in [-0.25, -0.2) is 0 Å². The molecular weight excluding hydrogens is 410 g/mol. The van der Waals surface area contributed by atoms with E-state index in [1.54, 1.807) is 11.3 Å². The van der Waals surface area contributed by atoms with Gasteiger partial charge in [-0.05, 0) is 55.7 Å². The van der Waals surface area contributed by atoms with Gasteiger partial charge in [0.1, 0.15) is 0 Å². The highest BCUT2D eigenvalue weighted by molar-refractivity contribution is 7.17. The summed E-state index contributed by atoms with van der Waals surface area (Å²) in [6.07, 6.45) is 3.58. The Morgan fingerprint density at radius 3 is 2.43 bits per heavy atom. The van der Waals surface area contributed by atoms with Crippen LogP contribution in [0.3, 0.4) is 0 Å². The summed E-state index contributed by atoms with van der Waals surface area (Å²) < 4.78 is 0.790. The van der Waals surface area contributed by atoms with Crippen molar-refractivity contribution >= 4 is 40.0 Å². The van der Waals surface area contributed by atoms with Crippen LogP contribution >= 0.6 is 22.9 Å². The minimum atomic E-state index is 0.416. The van der Waals surface area contributed by atoms with Crippen LogP contribution in [0.15, 0.2) is 67.5 Å². The lowest BCUT2D eigenvalue weighted by atomic mass is 9.96. The van der Waals surface area contributed by atoms with E-state index >= 15 is 0 Å². The molecule has 2 aromatic rings. The number of nitrogens with zero attached hydrogens (tertiary/aromatic N) is 2. The molecule has 158 valence electrons. The van der Waals surface area contributed by atoms with Crippen LogP contribution in [0.1, 0.15) is 31.1 Å². The Hall–Kier alpha value is -2.17. The molecule has 2 fully saturated rings. The smallest absolute Gasteiger partial charge is 0.0935 e. The first-order valence-electron chi connectivity index (χ1n) is 10.6. The molecule has 2 atom stereocenters. The molecule has 4 rings (SSSR count). The van der Waals surface area contributed by atoms with E-state index in [9.17, 15) is 0 Å². The Morgan fingerprint density at radius 2 is 1.80 bits per heavy atom. The maximum atomic E-state index is 6.05. The van der Waals surface area contributed by atoms with Gasteiger partial charge in [-0.3, -0.25) is 0 Å². The van der Waals surface area contributed by atoms with Crippen LogP contribution in [-0.4, -0.2) is 19.6 Å². The van der Waals surface area contributed by atoms with E-state index in [1.165, 1.54) is 35.6 Å². The van der Waals surface area contributed by atoms with Crippen LogP contribution < -0.4 is 15.1 Å². The standard InChI is InChI=1S/C25H30ClN3S/c1-17-7-5-6-14-28(17)22-8-10-23(11-9-22)29-16-21(18(2)20(29)4)15-27-19(3)24-12-13-25(26)30-24/h8-13,18,21,27H,1,3-7,14-16H2,2H3. The number of allylic oxidation sites excluding steroid dienone is 2. The van der Waals surface area contributed by atoms with Crippen LogP contribution in [0.5, 0.6) is 0 Å². The van der Waals surface area contributed by atoms with Gasteiger partial charge < -0.3 is 15.1 Å². The number of hydrogen-bond donors (Lipinski definition) is 1. The Bertz CT molecular complexity index is 946. The zero-order valence-corrected chi connectivity index (χ0v) is 19.2. The summed E-state index contributed by atoms with van der Waals surface area (Å²) in [5.74, 6) is 0.894. The van der Waals surface area contributed by atoms with E-state index < -0.39 is 0 Å². The second kappa shape index (κ2) is 8.91. The van der Waals surface area contributed by atoms with Crippen LogP contribution in [-0.2, 0) is 0 Å². The maximum absolute atomic E-state index is 6.05. The van der Waals surface area contributed by atoms with E-state index in [0.29, 0.717) is 11.8 Å². The summed E-state index contributed by atoms with van der Waals surface area (Å²) in [5.41, 5.74) is 5.80. The number of rotatable bonds is 6. The SMILES string of the molecule is C=C(NCC1CN(c2ccc(N3CCCCC3=C)cc2)C(=C)C1C)c1ccc(Cl)s1. The molecule has 3 heterocycles. The van der Waals surface area contributed by atoms with E-state index in [4.69, 9.17) is 11.6 Å². The first-order chi connectivity index (χ1) is 14.4. The molecule has 1 aromatic heterocycles. The second-order valence-electron chi connectivity index (χ2n) is 8.31. The molecule has 0 amide bonds. The second-order valence-corrected chi connectivity index (χ2v) is 10.0. The highest BCUT2D eigenvalue weighted by atomic mass is 35.5.